The first kappa shape index (κ1) is 10.7. The lowest BCUT2D eigenvalue weighted by Gasteiger charge is -2.38. The van der Waals surface area contributed by atoms with Crippen molar-refractivity contribution >= 4 is 0 Å². The molecule has 0 unspecified atom stereocenters. The standard InChI is InChI=1S/C12H20N2O/c1-3-5-10-9(2)13-11(14-10)12(8-15)6-4-7-12/h15H,3-8H2,1-2H3,(H,13,14). The summed E-state index contributed by atoms with van der Waals surface area (Å²) in [5, 5.41) is 9.46. The first-order valence-corrected chi connectivity index (χ1v) is 5.88. The first-order chi connectivity index (χ1) is 7.22. The van der Waals surface area contributed by atoms with E-state index in [2.05, 4.69) is 23.8 Å². The maximum atomic E-state index is 9.46. The van der Waals surface area contributed by atoms with E-state index in [0.29, 0.717) is 0 Å². The van der Waals surface area contributed by atoms with Gasteiger partial charge in [0.2, 0.25) is 0 Å². The van der Waals surface area contributed by atoms with Crippen molar-refractivity contribution in [2.45, 2.75) is 51.4 Å². The van der Waals surface area contributed by atoms with E-state index in [-0.39, 0.29) is 12.0 Å². The van der Waals surface area contributed by atoms with Crippen LogP contribution in [0.4, 0.5) is 0 Å². The fourth-order valence-electron chi connectivity index (χ4n) is 2.30. The van der Waals surface area contributed by atoms with Gasteiger partial charge in [-0.15, -0.1) is 0 Å². The smallest absolute Gasteiger partial charge is 0.115 e. The number of imidazole rings is 1. The van der Waals surface area contributed by atoms with Crippen molar-refractivity contribution in [2.75, 3.05) is 6.61 Å². The Hall–Kier alpha value is -0.830. The minimum absolute atomic E-state index is 0.0449. The second kappa shape index (κ2) is 3.97. The van der Waals surface area contributed by atoms with Gasteiger partial charge in [0, 0.05) is 5.69 Å². The Bertz CT molecular complexity index is 334. The maximum Gasteiger partial charge on any atom is 0.115 e. The van der Waals surface area contributed by atoms with Crippen LogP contribution in [0.5, 0.6) is 0 Å². The molecule has 2 N–H and O–H groups in total. The number of H-pyrrole nitrogens is 1. The zero-order valence-electron chi connectivity index (χ0n) is 9.64. The lowest BCUT2D eigenvalue weighted by Crippen LogP contribution is -2.39. The summed E-state index contributed by atoms with van der Waals surface area (Å²) in [5.74, 6) is 1.01. The molecule has 1 heterocycles. The van der Waals surface area contributed by atoms with Gasteiger partial charge in [-0.3, -0.25) is 0 Å². The summed E-state index contributed by atoms with van der Waals surface area (Å²) in [6.07, 6.45) is 5.51. The van der Waals surface area contributed by atoms with Crippen LogP contribution >= 0.6 is 0 Å². The van der Waals surface area contributed by atoms with Crippen molar-refractivity contribution in [3.05, 3.63) is 17.2 Å². The molecular formula is C12H20N2O. The highest BCUT2D eigenvalue weighted by Crippen LogP contribution is 2.42. The van der Waals surface area contributed by atoms with Crippen LogP contribution in [-0.2, 0) is 11.8 Å². The first-order valence-electron chi connectivity index (χ1n) is 5.88. The number of aliphatic hydroxyl groups excluding tert-OH is 1. The summed E-state index contributed by atoms with van der Waals surface area (Å²) >= 11 is 0. The van der Waals surface area contributed by atoms with E-state index in [9.17, 15) is 5.11 Å². The number of aryl methyl sites for hydroxylation is 2. The molecule has 1 saturated carbocycles. The van der Waals surface area contributed by atoms with E-state index in [1.807, 2.05) is 0 Å². The molecule has 1 aromatic heterocycles. The zero-order valence-corrected chi connectivity index (χ0v) is 9.64. The lowest BCUT2D eigenvalue weighted by molar-refractivity contribution is 0.113. The summed E-state index contributed by atoms with van der Waals surface area (Å²) in [6.45, 7) is 4.47. The Kier molecular flexibility index (Phi) is 2.83. The van der Waals surface area contributed by atoms with E-state index < -0.39 is 0 Å². The lowest BCUT2D eigenvalue weighted by atomic mass is 9.69. The molecule has 15 heavy (non-hydrogen) atoms. The van der Waals surface area contributed by atoms with Gasteiger partial charge in [0.1, 0.15) is 5.82 Å². The van der Waals surface area contributed by atoms with Crippen LogP contribution in [0, 0.1) is 6.92 Å². The van der Waals surface area contributed by atoms with Gasteiger partial charge in [0.05, 0.1) is 17.7 Å². The predicted molar refractivity (Wildman–Crippen MR) is 59.9 cm³/mol. The predicted octanol–water partition coefficient (Wildman–Crippen LogP) is 2.08. The van der Waals surface area contributed by atoms with Crippen LogP contribution in [-0.4, -0.2) is 21.7 Å². The van der Waals surface area contributed by atoms with Crippen molar-refractivity contribution in [3.8, 4) is 0 Å². The summed E-state index contributed by atoms with van der Waals surface area (Å²) in [5.41, 5.74) is 2.30. The molecule has 0 spiro atoms. The third kappa shape index (κ3) is 1.69. The molecule has 0 amide bonds. The molecule has 0 aromatic carbocycles. The fraction of sp³-hybridized carbons (Fsp3) is 0.750. The number of hydrogen-bond donors (Lipinski definition) is 2. The minimum Gasteiger partial charge on any atom is -0.395 e. The number of rotatable bonds is 4. The quantitative estimate of drug-likeness (QED) is 0.796. The van der Waals surface area contributed by atoms with Crippen LogP contribution < -0.4 is 0 Å². The van der Waals surface area contributed by atoms with Crippen LogP contribution in [0.15, 0.2) is 0 Å². The molecule has 0 saturated heterocycles. The van der Waals surface area contributed by atoms with Gasteiger partial charge >= 0.3 is 0 Å². The van der Waals surface area contributed by atoms with Gasteiger partial charge in [0.15, 0.2) is 0 Å². The molecule has 1 aliphatic rings. The third-order valence-corrected chi connectivity index (χ3v) is 3.59. The van der Waals surface area contributed by atoms with E-state index in [0.717, 1.165) is 31.5 Å². The van der Waals surface area contributed by atoms with E-state index in [1.165, 1.54) is 17.8 Å². The molecule has 0 atom stereocenters. The van der Waals surface area contributed by atoms with Gasteiger partial charge in [0.25, 0.3) is 0 Å². The van der Waals surface area contributed by atoms with Crippen molar-refractivity contribution in [2.24, 2.45) is 0 Å². The monoisotopic (exact) mass is 208 g/mol. The molecule has 84 valence electrons. The van der Waals surface area contributed by atoms with Crippen LogP contribution in [0.3, 0.4) is 0 Å². The van der Waals surface area contributed by atoms with Gasteiger partial charge in [-0.05, 0) is 26.2 Å². The number of aliphatic hydroxyl groups is 1. The van der Waals surface area contributed by atoms with Gasteiger partial charge in [-0.2, -0.15) is 0 Å². The van der Waals surface area contributed by atoms with Crippen molar-refractivity contribution in [1.29, 1.82) is 0 Å². The third-order valence-electron chi connectivity index (χ3n) is 3.59. The second-order valence-corrected chi connectivity index (χ2v) is 4.70. The van der Waals surface area contributed by atoms with Gasteiger partial charge < -0.3 is 10.1 Å². The zero-order chi connectivity index (χ0) is 10.9. The van der Waals surface area contributed by atoms with E-state index in [1.54, 1.807) is 0 Å². The molecule has 2 rings (SSSR count). The number of aromatic amines is 1. The SMILES string of the molecule is CCCc1nc(C2(CO)CCC2)[nH]c1C. The number of hydrogen-bond acceptors (Lipinski definition) is 2. The number of nitrogens with zero attached hydrogens (tertiary/aromatic N) is 1. The highest BCUT2D eigenvalue weighted by Gasteiger charge is 2.40. The van der Waals surface area contributed by atoms with Crippen molar-refractivity contribution < 1.29 is 5.11 Å². The molecule has 0 aliphatic heterocycles. The van der Waals surface area contributed by atoms with Crippen LogP contribution in [0.25, 0.3) is 0 Å². The fourth-order valence-corrected chi connectivity index (χ4v) is 2.30. The molecule has 0 bridgehead atoms. The van der Waals surface area contributed by atoms with Crippen molar-refractivity contribution in [3.63, 3.8) is 0 Å². The van der Waals surface area contributed by atoms with Gasteiger partial charge in [-0.25, -0.2) is 4.98 Å². The molecule has 1 fully saturated rings. The summed E-state index contributed by atoms with van der Waals surface area (Å²) in [7, 11) is 0. The topological polar surface area (TPSA) is 48.9 Å². The average Bonchev–Trinajstić information content (AvgIpc) is 2.48. The Morgan fingerprint density at radius 3 is 2.67 bits per heavy atom. The number of aromatic nitrogens is 2. The molecule has 1 aliphatic carbocycles. The second-order valence-electron chi connectivity index (χ2n) is 4.70. The minimum atomic E-state index is -0.0449. The Balaban J connectivity index is 2.25. The Morgan fingerprint density at radius 2 is 2.20 bits per heavy atom. The Labute approximate surface area is 90.9 Å². The summed E-state index contributed by atoms with van der Waals surface area (Å²) in [6, 6.07) is 0. The maximum absolute atomic E-state index is 9.46. The van der Waals surface area contributed by atoms with Crippen molar-refractivity contribution in [1.82, 2.24) is 9.97 Å². The summed E-state index contributed by atoms with van der Waals surface area (Å²) in [4.78, 5) is 8.00. The van der Waals surface area contributed by atoms with Crippen LogP contribution in [0.1, 0.15) is 49.8 Å². The molecule has 0 radical (unpaired) electrons. The van der Waals surface area contributed by atoms with Crippen LogP contribution in [0.2, 0.25) is 0 Å². The number of nitrogens with one attached hydrogen (secondary N) is 1. The van der Waals surface area contributed by atoms with Gasteiger partial charge in [-0.1, -0.05) is 19.8 Å². The molecule has 3 heteroatoms. The molecular weight excluding hydrogens is 188 g/mol. The van der Waals surface area contributed by atoms with E-state index >= 15 is 0 Å². The summed E-state index contributed by atoms with van der Waals surface area (Å²) < 4.78 is 0. The normalized spacial score (nSPS) is 18.9. The largest absolute Gasteiger partial charge is 0.395 e. The highest BCUT2D eigenvalue weighted by atomic mass is 16.3. The molecule has 1 aromatic rings. The van der Waals surface area contributed by atoms with E-state index in [4.69, 9.17) is 0 Å². The Morgan fingerprint density at radius 1 is 1.47 bits per heavy atom. The highest BCUT2D eigenvalue weighted by molar-refractivity contribution is 5.21. The average molecular weight is 208 g/mol. The molecule has 3 nitrogen and oxygen atoms in total.